The molecule has 5 aromatic carbocycles. The average molecular weight is 651 g/mol. The van der Waals surface area contributed by atoms with Gasteiger partial charge in [0.1, 0.15) is 0 Å². The minimum absolute atomic E-state index is 0.564. The predicted molar refractivity (Wildman–Crippen MR) is 202 cm³/mol. The molecule has 49 heavy (non-hydrogen) atoms. The number of allylic oxidation sites excluding steroid dienone is 4. The van der Waals surface area contributed by atoms with Gasteiger partial charge in [-0.2, -0.15) is 0 Å². The Balaban J connectivity index is 1.17. The zero-order valence-corrected chi connectivity index (χ0v) is 27.4. The molecule has 0 amide bonds. The molecular formula is C44H31ClN4. The summed E-state index contributed by atoms with van der Waals surface area (Å²) in [5.74, 6) is 1.79. The highest BCUT2D eigenvalue weighted by molar-refractivity contribution is 6.31. The lowest BCUT2D eigenvalue weighted by Crippen LogP contribution is -2.00. The first-order valence-electron chi connectivity index (χ1n) is 16.4. The number of hydrogen-bond donors (Lipinski definition) is 0. The molecule has 0 radical (unpaired) electrons. The summed E-state index contributed by atoms with van der Waals surface area (Å²) in [6.45, 7) is 0. The van der Waals surface area contributed by atoms with Gasteiger partial charge in [0, 0.05) is 27.3 Å². The van der Waals surface area contributed by atoms with Gasteiger partial charge >= 0.3 is 0 Å². The van der Waals surface area contributed by atoms with Gasteiger partial charge in [0.15, 0.2) is 17.5 Å². The molecule has 0 atom stereocenters. The van der Waals surface area contributed by atoms with E-state index in [2.05, 4.69) is 85.0 Å². The molecular weight excluding hydrogens is 620 g/mol. The molecule has 0 saturated carbocycles. The molecule has 1 aliphatic rings. The quantitative estimate of drug-likeness (QED) is 0.172. The Morgan fingerprint density at radius 1 is 0.408 bits per heavy atom. The van der Waals surface area contributed by atoms with E-state index in [0.717, 1.165) is 63.2 Å². The third-order valence-electron chi connectivity index (χ3n) is 8.64. The summed E-state index contributed by atoms with van der Waals surface area (Å²) in [5, 5.41) is 0.608. The molecule has 0 bridgehead atoms. The van der Waals surface area contributed by atoms with Gasteiger partial charge in [-0.15, -0.1) is 0 Å². The Kier molecular flexibility index (Phi) is 8.45. The van der Waals surface area contributed by atoms with E-state index in [4.69, 9.17) is 31.5 Å². The molecule has 234 valence electrons. The van der Waals surface area contributed by atoms with Crippen LogP contribution in [-0.2, 0) is 0 Å². The van der Waals surface area contributed by atoms with E-state index in [1.54, 1.807) is 0 Å². The Morgan fingerprint density at radius 3 is 1.49 bits per heavy atom. The maximum absolute atomic E-state index is 6.77. The first kappa shape index (κ1) is 30.4. The highest BCUT2D eigenvalue weighted by Gasteiger charge is 2.15. The second kappa shape index (κ2) is 13.6. The zero-order valence-electron chi connectivity index (χ0n) is 26.7. The Labute approximate surface area is 291 Å². The van der Waals surface area contributed by atoms with Crippen molar-refractivity contribution < 1.29 is 0 Å². The second-order valence-electron chi connectivity index (χ2n) is 12.0. The van der Waals surface area contributed by atoms with Crippen LogP contribution in [-0.4, -0.2) is 19.9 Å². The summed E-state index contributed by atoms with van der Waals surface area (Å²) < 4.78 is 0. The second-order valence-corrected chi connectivity index (χ2v) is 12.4. The van der Waals surface area contributed by atoms with Gasteiger partial charge in [-0.3, -0.25) is 0 Å². The smallest absolute Gasteiger partial charge is 0.164 e. The number of nitrogens with zero attached hydrogens (tertiary/aromatic N) is 4. The van der Waals surface area contributed by atoms with Gasteiger partial charge in [0.05, 0.1) is 11.4 Å². The van der Waals surface area contributed by atoms with Crippen LogP contribution in [0.25, 0.3) is 73.2 Å². The summed E-state index contributed by atoms with van der Waals surface area (Å²) in [6, 6.07) is 49.3. The van der Waals surface area contributed by atoms with E-state index < -0.39 is 0 Å². The van der Waals surface area contributed by atoms with Crippen LogP contribution in [0.2, 0.25) is 5.02 Å². The summed E-state index contributed by atoms with van der Waals surface area (Å²) in [6.07, 6.45) is 8.53. The largest absolute Gasteiger partial charge is 0.248 e. The fraction of sp³-hybridized carbons (Fsp3) is 0.0455. The Morgan fingerprint density at radius 2 is 0.898 bits per heavy atom. The Bertz CT molecular complexity index is 2260. The fourth-order valence-electron chi connectivity index (χ4n) is 6.11. The molecule has 2 aromatic heterocycles. The summed E-state index contributed by atoms with van der Waals surface area (Å²) in [5.41, 5.74) is 11.3. The summed E-state index contributed by atoms with van der Waals surface area (Å²) in [7, 11) is 0. The highest BCUT2D eigenvalue weighted by Crippen LogP contribution is 2.34. The number of benzene rings is 5. The van der Waals surface area contributed by atoms with E-state index in [9.17, 15) is 0 Å². The van der Waals surface area contributed by atoms with E-state index in [-0.39, 0.29) is 0 Å². The lowest BCUT2D eigenvalue weighted by molar-refractivity contribution is 1.04. The maximum atomic E-state index is 6.77. The molecule has 0 spiro atoms. The fourth-order valence-corrected chi connectivity index (χ4v) is 6.35. The summed E-state index contributed by atoms with van der Waals surface area (Å²) >= 11 is 6.77. The lowest BCUT2D eigenvalue weighted by Gasteiger charge is -2.14. The van der Waals surface area contributed by atoms with Crippen molar-refractivity contribution in [2.24, 2.45) is 0 Å². The van der Waals surface area contributed by atoms with E-state index in [1.165, 1.54) is 11.1 Å². The van der Waals surface area contributed by atoms with Crippen LogP contribution in [0.1, 0.15) is 18.5 Å². The van der Waals surface area contributed by atoms with Crippen LogP contribution in [0.15, 0.2) is 164 Å². The van der Waals surface area contributed by atoms with Crippen molar-refractivity contribution in [1.29, 1.82) is 0 Å². The Hall–Kier alpha value is -5.97. The van der Waals surface area contributed by atoms with Crippen molar-refractivity contribution in [2.45, 2.75) is 12.8 Å². The standard InChI is InChI=1S/C44H31ClN4/c45-39-26-36(25-38(27-39)44-48-42(34-17-9-3-10-18-34)47-43(49-44)35-19-11-4-12-20-35)31-21-23-33(24-22-31)41-29-37(30-13-5-1-6-14-30)28-40(46-41)32-15-7-2-8-16-32/h1-7,9-15,17-29H,8,16H2. The molecule has 0 unspecified atom stereocenters. The van der Waals surface area contributed by atoms with Crippen molar-refractivity contribution in [2.75, 3.05) is 0 Å². The minimum atomic E-state index is 0.564. The van der Waals surface area contributed by atoms with Crippen molar-refractivity contribution in [3.05, 3.63) is 175 Å². The molecule has 1 aliphatic carbocycles. The molecule has 0 saturated heterocycles. The predicted octanol–water partition coefficient (Wildman–Crippen LogP) is 11.7. The molecule has 0 fully saturated rings. The molecule has 8 rings (SSSR count). The van der Waals surface area contributed by atoms with Crippen LogP contribution in [0.3, 0.4) is 0 Å². The number of hydrogen-bond acceptors (Lipinski definition) is 4. The van der Waals surface area contributed by atoms with Crippen molar-refractivity contribution in [3.63, 3.8) is 0 Å². The van der Waals surface area contributed by atoms with Gasteiger partial charge in [0.25, 0.3) is 0 Å². The molecule has 2 heterocycles. The van der Waals surface area contributed by atoms with Gasteiger partial charge in [0.2, 0.25) is 0 Å². The van der Waals surface area contributed by atoms with Gasteiger partial charge in [-0.1, -0.05) is 145 Å². The normalized spacial score (nSPS) is 12.5. The molecule has 7 aromatic rings. The first-order valence-corrected chi connectivity index (χ1v) is 16.8. The average Bonchev–Trinajstić information content (AvgIpc) is 3.19. The first-order chi connectivity index (χ1) is 24.2. The van der Waals surface area contributed by atoms with E-state index in [1.807, 2.05) is 78.9 Å². The van der Waals surface area contributed by atoms with E-state index >= 15 is 0 Å². The molecule has 0 N–H and O–H groups in total. The van der Waals surface area contributed by atoms with Crippen LogP contribution in [0.4, 0.5) is 0 Å². The topological polar surface area (TPSA) is 51.6 Å². The number of pyridine rings is 1. The zero-order chi connectivity index (χ0) is 33.0. The van der Waals surface area contributed by atoms with Crippen LogP contribution >= 0.6 is 11.6 Å². The monoisotopic (exact) mass is 650 g/mol. The van der Waals surface area contributed by atoms with Crippen molar-refractivity contribution in [1.82, 2.24) is 19.9 Å². The van der Waals surface area contributed by atoms with Gasteiger partial charge in [-0.05, 0) is 71.0 Å². The van der Waals surface area contributed by atoms with Crippen LogP contribution < -0.4 is 0 Å². The minimum Gasteiger partial charge on any atom is -0.248 e. The molecule has 0 aliphatic heterocycles. The van der Waals surface area contributed by atoms with Gasteiger partial charge in [-0.25, -0.2) is 19.9 Å². The maximum Gasteiger partial charge on any atom is 0.164 e. The van der Waals surface area contributed by atoms with Crippen LogP contribution in [0, 0.1) is 0 Å². The van der Waals surface area contributed by atoms with Crippen molar-refractivity contribution >= 4 is 17.2 Å². The number of halogens is 1. The SMILES string of the molecule is Clc1cc(-c2ccc(-c3cc(-c4ccccc4)cc(C4=CC=CCC4)n3)cc2)cc(-c2nc(-c3ccccc3)nc(-c3ccccc3)n2)c1. The molecule has 4 nitrogen and oxygen atoms in total. The summed E-state index contributed by atoms with van der Waals surface area (Å²) in [4.78, 5) is 19.8. The van der Waals surface area contributed by atoms with Gasteiger partial charge < -0.3 is 0 Å². The lowest BCUT2D eigenvalue weighted by atomic mass is 9.96. The third-order valence-corrected chi connectivity index (χ3v) is 8.86. The third kappa shape index (κ3) is 6.73. The van der Waals surface area contributed by atoms with E-state index in [0.29, 0.717) is 22.5 Å². The highest BCUT2D eigenvalue weighted by atomic mass is 35.5. The van der Waals surface area contributed by atoms with Crippen LogP contribution in [0.5, 0.6) is 0 Å². The van der Waals surface area contributed by atoms with Crippen molar-refractivity contribution in [3.8, 4) is 67.7 Å². The number of aromatic nitrogens is 4. The molecule has 5 heteroatoms. The number of rotatable bonds is 7.